The summed E-state index contributed by atoms with van der Waals surface area (Å²) in [6.45, 7) is 8.69. The van der Waals surface area contributed by atoms with Gasteiger partial charge in [-0.1, -0.05) is 38.5 Å². The van der Waals surface area contributed by atoms with Crippen LogP contribution in [0.4, 0.5) is 5.00 Å². The molecule has 0 spiro atoms. The van der Waals surface area contributed by atoms with Crippen molar-refractivity contribution in [3.8, 4) is 6.07 Å². The Hall–Kier alpha value is -2.12. The molecular weight excluding hydrogens is 316 g/mol. The second-order valence-corrected chi connectivity index (χ2v) is 8.58. The first-order valence-corrected chi connectivity index (χ1v) is 9.06. The molecule has 24 heavy (non-hydrogen) atoms. The summed E-state index contributed by atoms with van der Waals surface area (Å²) < 4.78 is 0. The molecule has 0 fully saturated rings. The lowest BCUT2D eigenvalue weighted by Gasteiger charge is -2.33. The maximum Gasteiger partial charge on any atom is 0.256 e. The Kier molecular flexibility index (Phi) is 4.23. The lowest BCUT2D eigenvalue weighted by atomic mass is 9.72. The Morgan fingerprint density at radius 2 is 2.00 bits per heavy atom. The smallest absolute Gasteiger partial charge is 0.256 e. The van der Waals surface area contributed by atoms with Gasteiger partial charge in [0.05, 0.1) is 5.56 Å². The molecule has 4 heteroatoms. The van der Waals surface area contributed by atoms with Crippen LogP contribution >= 0.6 is 11.3 Å². The second kappa shape index (κ2) is 6.07. The molecule has 0 bridgehead atoms. The predicted molar refractivity (Wildman–Crippen MR) is 98.7 cm³/mol. The average Bonchev–Trinajstić information content (AvgIpc) is 2.84. The molecule has 0 radical (unpaired) electrons. The molecule has 1 aliphatic rings. The van der Waals surface area contributed by atoms with Crippen molar-refractivity contribution >= 4 is 22.2 Å². The topological polar surface area (TPSA) is 52.9 Å². The normalized spacial score (nSPS) is 18.5. The number of thiophene rings is 1. The zero-order valence-corrected chi connectivity index (χ0v) is 15.4. The minimum absolute atomic E-state index is 0.156. The Morgan fingerprint density at radius 3 is 2.62 bits per heavy atom. The fourth-order valence-electron chi connectivity index (χ4n) is 3.62. The number of aryl methyl sites for hydroxylation is 1. The third kappa shape index (κ3) is 3.09. The van der Waals surface area contributed by atoms with Crippen molar-refractivity contribution in [2.24, 2.45) is 5.41 Å². The summed E-state index contributed by atoms with van der Waals surface area (Å²) in [5, 5.41) is 13.3. The first-order valence-electron chi connectivity index (χ1n) is 8.24. The molecule has 1 aromatic carbocycles. The molecule has 0 aliphatic heterocycles. The summed E-state index contributed by atoms with van der Waals surface area (Å²) in [7, 11) is 0. The number of nitriles is 1. The summed E-state index contributed by atoms with van der Waals surface area (Å²) in [6, 6.07) is 9.80. The van der Waals surface area contributed by atoms with E-state index in [4.69, 9.17) is 0 Å². The molecule has 2 aromatic rings. The van der Waals surface area contributed by atoms with E-state index < -0.39 is 0 Å². The fourth-order valence-corrected chi connectivity index (χ4v) is 4.83. The van der Waals surface area contributed by atoms with Gasteiger partial charge < -0.3 is 5.32 Å². The van der Waals surface area contributed by atoms with Gasteiger partial charge in [-0.25, -0.2) is 0 Å². The molecule has 124 valence electrons. The Balaban J connectivity index is 1.94. The number of rotatable bonds is 2. The van der Waals surface area contributed by atoms with Crippen LogP contribution in [0.1, 0.15) is 65.0 Å². The summed E-state index contributed by atoms with van der Waals surface area (Å²) in [5.41, 5.74) is 3.70. The third-order valence-electron chi connectivity index (χ3n) is 4.65. The molecule has 0 saturated heterocycles. The lowest BCUT2D eigenvalue weighted by Crippen LogP contribution is -2.23. The molecule has 3 nitrogen and oxygen atoms in total. The van der Waals surface area contributed by atoms with E-state index in [0.717, 1.165) is 24.0 Å². The number of benzene rings is 1. The fraction of sp³-hybridized carbons (Fsp3) is 0.400. The van der Waals surface area contributed by atoms with Crippen LogP contribution in [0.15, 0.2) is 24.3 Å². The Bertz CT molecular complexity index is 825. The van der Waals surface area contributed by atoms with Gasteiger partial charge in [-0.15, -0.1) is 11.3 Å². The van der Waals surface area contributed by atoms with Crippen LogP contribution in [0, 0.1) is 23.7 Å². The van der Waals surface area contributed by atoms with E-state index >= 15 is 0 Å². The first kappa shape index (κ1) is 16.7. The van der Waals surface area contributed by atoms with Crippen molar-refractivity contribution < 1.29 is 4.79 Å². The highest BCUT2D eigenvalue weighted by Gasteiger charge is 2.34. The highest BCUT2D eigenvalue weighted by Crippen LogP contribution is 2.48. The van der Waals surface area contributed by atoms with E-state index in [2.05, 4.69) is 32.2 Å². The highest BCUT2D eigenvalue weighted by molar-refractivity contribution is 7.16. The third-order valence-corrected chi connectivity index (χ3v) is 6.03. The zero-order valence-electron chi connectivity index (χ0n) is 14.6. The number of nitrogens with zero attached hydrogens (tertiary/aromatic N) is 1. The molecule has 3 rings (SSSR count). The lowest BCUT2D eigenvalue weighted by molar-refractivity contribution is 0.102. The summed E-state index contributed by atoms with van der Waals surface area (Å²) in [4.78, 5) is 13.8. The summed E-state index contributed by atoms with van der Waals surface area (Å²) in [5.74, 6) is 0.267. The van der Waals surface area contributed by atoms with Gasteiger partial charge in [-0.3, -0.25) is 4.79 Å². The van der Waals surface area contributed by atoms with Crippen LogP contribution < -0.4 is 5.32 Å². The van der Waals surface area contributed by atoms with Crippen molar-refractivity contribution in [3.05, 3.63) is 51.4 Å². The SMILES string of the molecule is Cc1ccc(C(=O)Nc2sc3c(c2C#N)CC(C)(C)C[C@H]3C)cc1. The second-order valence-electron chi connectivity index (χ2n) is 7.53. The standard InChI is InChI=1S/C20H22N2OS/c1-12-5-7-14(8-6-12)18(23)22-19-16(11-21)15-10-20(3,4)9-13(2)17(15)24-19/h5-8,13H,9-10H2,1-4H3,(H,22,23)/t13-/m1/s1. The van der Waals surface area contributed by atoms with Crippen molar-refractivity contribution in [2.75, 3.05) is 5.32 Å². The molecular formula is C20H22N2OS. The number of hydrogen-bond donors (Lipinski definition) is 1. The van der Waals surface area contributed by atoms with Gasteiger partial charge in [0.1, 0.15) is 11.1 Å². The van der Waals surface area contributed by atoms with E-state index in [1.807, 2.05) is 31.2 Å². The van der Waals surface area contributed by atoms with E-state index in [0.29, 0.717) is 22.0 Å². The van der Waals surface area contributed by atoms with Crippen LogP contribution in [0.3, 0.4) is 0 Å². The molecule has 1 heterocycles. The Morgan fingerprint density at radius 1 is 1.33 bits per heavy atom. The van der Waals surface area contributed by atoms with Crippen molar-refractivity contribution in [2.45, 2.75) is 46.5 Å². The monoisotopic (exact) mass is 338 g/mol. The highest BCUT2D eigenvalue weighted by atomic mass is 32.1. The maximum atomic E-state index is 12.5. The van der Waals surface area contributed by atoms with Gasteiger partial charge in [-0.2, -0.15) is 5.26 Å². The van der Waals surface area contributed by atoms with Crippen LogP contribution in [0.2, 0.25) is 0 Å². The van der Waals surface area contributed by atoms with Crippen molar-refractivity contribution in [1.29, 1.82) is 5.26 Å². The minimum Gasteiger partial charge on any atom is -0.312 e. The molecule has 1 atom stereocenters. The Labute approximate surface area is 147 Å². The first-order chi connectivity index (χ1) is 11.3. The van der Waals surface area contributed by atoms with E-state index in [-0.39, 0.29) is 11.3 Å². The molecule has 0 saturated carbocycles. The molecule has 0 unspecified atom stereocenters. The van der Waals surface area contributed by atoms with Crippen LogP contribution in [0.25, 0.3) is 0 Å². The maximum absolute atomic E-state index is 12.5. The van der Waals surface area contributed by atoms with Crippen LogP contribution in [-0.4, -0.2) is 5.91 Å². The number of carbonyl (C=O) groups is 1. The number of fused-ring (bicyclic) bond motifs is 1. The zero-order chi connectivity index (χ0) is 17.5. The number of anilines is 1. The molecule has 1 N–H and O–H groups in total. The van der Waals surface area contributed by atoms with Gasteiger partial charge in [0.15, 0.2) is 0 Å². The van der Waals surface area contributed by atoms with E-state index in [1.165, 1.54) is 4.88 Å². The summed E-state index contributed by atoms with van der Waals surface area (Å²) >= 11 is 1.57. The minimum atomic E-state index is -0.156. The van der Waals surface area contributed by atoms with Gasteiger partial charge in [0.25, 0.3) is 5.91 Å². The molecule has 1 amide bonds. The van der Waals surface area contributed by atoms with E-state index in [1.54, 1.807) is 11.3 Å². The molecule has 1 aliphatic carbocycles. The average molecular weight is 338 g/mol. The number of amides is 1. The van der Waals surface area contributed by atoms with E-state index in [9.17, 15) is 10.1 Å². The van der Waals surface area contributed by atoms with Crippen LogP contribution in [-0.2, 0) is 6.42 Å². The number of nitrogens with one attached hydrogen (secondary N) is 1. The summed E-state index contributed by atoms with van der Waals surface area (Å²) in [6.07, 6.45) is 2.00. The van der Waals surface area contributed by atoms with Crippen molar-refractivity contribution in [3.63, 3.8) is 0 Å². The number of hydrogen-bond acceptors (Lipinski definition) is 3. The quantitative estimate of drug-likeness (QED) is 0.812. The predicted octanol–water partition coefficient (Wildman–Crippen LogP) is 5.26. The van der Waals surface area contributed by atoms with Crippen molar-refractivity contribution in [1.82, 2.24) is 0 Å². The van der Waals surface area contributed by atoms with Gasteiger partial charge in [0, 0.05) is 10.4 Å². The number of carbonyl (C=O) groups excluding carboxylic acids is 1. The van der Waals surface area contributed by atoms with Crippen LogP contribution in [0.5, 0.6) is 0 Å². The molecule has 1 aromatic heterocycles. The van der Waals surface area contributed by atoms with Gasteiger partial charge >= 0.3 is 0 Å². The van der Waals surface area contributed by atoms with Gasteiger partial charge in [0.2, 0.25) is 0 Å². The van der Waals surface area contributed by atoms with Gasteiger partial charge in [-0.05, 0) is 48.8 Å². The largest absolute Gasteiger partial charge is 0.312 e.